The molecule has 3 heteroatoms. The lowest BCUT2D eigenvalue weighted by atomic mass is 10.7. The van der Waals surface area contributed by atoms with Gasteiger partial charge in [0.2, 0.25) is 0 Å². The van der Waals surface area contributed by atoms with Crippen LogP contribution in [0.15, 0.2) is 0 Å². The van der Waals surface area contributed by atoms with Gasteiger partial charge in [-0.1, -0.05) is 0 Å². The minimum Gasteiger partial charge on any atom is -0.456 e. The van der Waals surface area contributed by atoms with E-state index in [9.17, 15) is 4.79 Å². The molecule has 0 rings (SSSR count). The van der Waals surface area contributed by atoms with Crippen LogP contribution in [0.25, 0.3) is 0 Å². The van der Waals surface area contributed by atoms with Crippen LogP contribution in [-0.2, 0) is 9.53 Å². The molecule has 0 aromatic rings. The molecule has 0 spiro atoms. The van der Waals surface area contributed by atoms with Crippen LogP contribution < -0.4 is 5.32 Å². The third kappa shape index (κ3) is 4.69. The molecule has 0 unspecified atom stereocenters. The van der Waals surface area contributed by atoms with Crippen molar-refractivity contribution in [1.29, 1.82) is 0 Å². The molecule has 50 valence electrons. The number of hydrogen-bond acceptors (Lipinski definition) is 3. The smallest absolute Gasteiger partial charge is 0.386 e. The molecule has 1 N–H and O–H groups in total. The Bertz CT molecular complexity index is 143. The number of ether oxygens (including phenoxy) is 1. The number of carbonyl (C=O) groups is 1. The number of carbonyl (C=O) groups excluding carboxylic acids is 1. The van der Waals surface area contributed by atoms with Crippen LogP contribution in [0, 0.1) is 12.0 Å². The Balaban J connectivity index is 3.49. The monoisotopic (exact) mass is 127 g/mol. The minimum absolute atomic E-state index is 0.372. The first-order valence-corrected chi connectivity index (χ1v) is 2.65. The van der Waals surface area contributed by atoms with E-state index >= 15 is 0 Å². The zero-order valence-electron chi connectivity index (χ0n) is 5.52. The van der Waals surface area contributed by atoms with Crippen molar-refractivity contribution >= 4 is 5.97 Å². The van der Waals surface area contributed by atoms with Gasteiger partial charge >= 0.3 is 5.97 Å². The highest BCUT2D eigenvalue weighted by Gasteiger charge is 1.89. The quantitative estimate of drug-likeness (QED) is 0.299. The van der Waals surface area contributed by atoms with E-state index in [0.29, 0.717) is 6.61 Å². The van der Waals surface area contributed by atoms with Crippen molar-refractivity contribution in [2.75, 3.05) is 13.7 Å². The lowest BCUT2D eigenvalue weighted by Gasteiger charge is -1.89. The number of hydrogen-bond donors (Lipinski definition) is 1. The van der Waals surface area contributed by atoms with Crippen molar-refractivity contribution in [1.82, 2.24) is 5.32 Å². The fraction of sp³-hybridized carbons (Fsp3) is 0.500. The maximum absolute atomic E-state index is 10.4. The average molecular weight is 127 g/mol. The predicted molar refractivity (Wildman–Crippen MR) is 33.5 cm³/mol. The van der Waals surface area contributed by atoms with E-state index in [1.165, 1.54) is 0 Å². The van der Waals surface area contributed by atoms with Crippen molar-refractivity contribution in [2.45, 2.75) is 6.92 Å². The molecule has 0 aromatic heterocycles. The average Bonchev–Trinajstić information content (AvgIpc) is 1.85. The second-order valence-electron chi connectivity index (χ2n) is 1.22. The van der Waals surface area contributed by atoms with Gasteiger partial charge in [-0.2, -0.15) is 0 Å². The van der Waals surface area contributed by atoms with Crippen molar-refractivity contribution in [3.63, 3.8) is 0 Å². The molecular formula is C6H9NO2. The number of nitrogens with one attached hydrogen (secondary N) is 1. The van der Waals surface area contributed by atoms with Gasteiger partial charge in [-0.05, 0) is 6.92 Å². The summed E-state index contributed by atoms with van der Waals surface area (Å²) in [5.74, 6) is 1.72. The molecule has 0 saturated carbocycles. The lowest BCUT2D eigenvalue weighted by molar-refractivity contribution is -0.136. The van der Waals surface area contributed by atoms with Gasteiger partial charge in [0.25, 0.3) is 0 Å². The summed E-state index contributed by atoms with van der Waals surface area (Å²) in [6, 6.07) is 2.36. The predicted octanol–water partition coefficient (Wildman–Crippen LogP) is -0.270. The molecule has 0 heterocycles. The fourth-order valence-electron chi connectivity index (χ4n) is 0.281. The summed E-state index contributed by atoms with van der Waals surface area (Å²) in [7, 11) is 1.63. The topological polar surface area (TPSA) is 38.3 Å². The van der Waals surface area contributed by atoms with Crippen LogP contribution in [0.1, 0.15) is 6.92 Å². The van der Waals surface area contributed by atoms with Crippen molar-refractivity contribution in [2.24, 2.45) is 0 Å². The summed E-state index contributed by atoms with van der Waals surface area (Å²) in [5.41, 5.74) is 0. The molecule has 0 fully saturated rings. The summed E-state index contributed by atoms with van der Waals surface area (Å²) >= 11 is 0. The molecule has 0 bridgehead atoms. The maximum Gasteiger partial charge on any atom is 0.386 e. The molecule has 0 aliphatic heterocycles. The Morgan fingerprint density at radius 3 is 2.89 bits per heavy atom. The summed E-state index contributed by atoms with van der Waals surface area (Å²) in [5, 5.41) is 2.50. The SMILES string of the molecule is CCOC(=O)C#CNC. The van der Waals surface area contributed by atoms with Gasteiger partial charge in [-0.25, -0.2) is 4.79 Å². The normalized spacial score (nSPS) is 6.89. The highest BCUT2D eigenvalue weighted by Crippen LogP contribution is 1.71. The van der Waals surface area contributed by atoms with Gasteiger partial charge in [0.05, 0.1) is 6.61 Å². The van der Waals surface area contributed by atoms with Crippen molar-refractivity contribution in [3.05, 3.63) is 0 Å². The Kier molecular flexibility index (Phi) is 4.33. The number of esters is 1. The van der Waals surface area contributed by atoms with E-state index in [0.717, 1.165) is 0 Å². The third-order valence-corrected chi connectivity index (χ3v) is 0.565. The molecule has 0 saturated heterocycles. The van der Waals surface area contributed by atoms with Crippen LogP contribution in [0.2, 0.25) is 0 Å². The summed E-state index contributed by atoms with van der Waals surface area (Å²) < 4.78 is 4.49. The van der Waals surface area contributed by atoms with Crippen LogP contribution in [0.5, 0.6) is 0 Å². The highest BCUT2D eigenvalue weighted by molar-refractivity contribution is 5.88. The zero-order valence-corrected chi connectivity index (χ0v) is 5.52. The molecule has 0 aliphatic carbocycles. The van der Waals surface area contributed by atoms with Crippen LogP contribution in [0.4, 0.5) is 0 Å². The second-order valence-corrected chi connectivity index (χ2v) is 1.22. The lowest BCUT2D eigenvalue weighted by Crippen LogP contribution is -2.02. The van der Waals surface area contributed by atoms with E-state index in [1.807, 2.05) is 0 Å². The zero-order chi connectivity index (χ0) is 7.11. The fourth-order valence-corrected chi connectivity index (χ4v) is 0.281. The molecule has 0 amide bonds. The van der Waals surface area contributed by atoms with Crippen LogP contribution in [0.3, 0.4) is 0 Å². The Hall–Kier alpha value is -1.17. The Morgan fingerprint density at radius 2 is 2.44 bits per heavy atom. The van der Waals surface area contributed by atoms with Crippen molar-refractivity contribution in [3.8, 4) is 12.0 Å². The summed E-state index contributed by atoms with van der Waals surface area (Å²) in [6.07, 6.45) is 0. The third-order valence-electron chi connectivity index (χ3n) is 0.565. The van der Waals surface area contributed by atoms with Crippen LogP contribution in [-0.4, -0.2) is 19.6 Å². The van der Waals surface area contributed by atoms with Gasteiger partial charge in [0.1, 0.15) is 0 Å². The standard InChI is InChI=1S/C6H9NO2/c1-3-9-6(8)4-5-7-2/h7H,3H2,1-2H3. The first-order chi connectivity index (χ1) is 4.31. The number of rotatable bonds is 1. The highest BCUT2D eigenvalue weighted by atomic mass is 16.5. The van der Waals surface area contributed by atoms with E-state index in [1.54, 1.807) is 14.0 Å². The molecular weight excluding hydrogens is 118 g/mol. The first kappa shape index (κ1) is 7.83. The molecule has 0 radical (unpaired) electrons. The molecule has 9 heavy (non-hydrogen) atoms. The maximum atomic E-state index is 10.4. The van der Waals surface area contributed by atoms with Crippen LogP contribution >= 0.6 is 0 Å². The van der Waals surface area contributed by atoms with E-state index in [4.69, 9.17) is 0 Å². The van der Waals surface area contributed by atoms with Crippen molar-refractivity contribution < 1.29 is 9.53 Å². The van der Waals surface area contributed by atoms with Gasteiger partial charge in [0, 0.05) is 19.0 Å². The van der Waals surface area contributed by atoms with E-state index in [2.05, 4.69) is 22.0 Å². The Morgan fingerprint density at radius 1 is 1.78 bits per heavy atom. The van der Waals surface area contributed by atoms with E-state index in [-0.39, 0.29) is 0 Å². The van der Waals surface area contributed by atoms with Gasteiger partial charge in [0.15, 0.2) is 0 Å². The van der Waals surface area contributed by atoms with Gasteiger partial charge in [-0.15, -0.1) is 0 Å². The summed E-state index contributed by atoms with van der Waals surface area (Å²) in [6.45, 7) is 2.11. The van der Waals surface area contributed by atoms with E-state index < -0.39 is 5.97 Å². The van der Waals surface area contributed by atoms with Gasteiger partial charge in [-0.3, -0.25) is 0 Å². The molecule has 0 aliphatic rings. The molecule has 3 nitrogen and oxygen atoms in total. The second kappa shape index (κ2) is 4.98. The largest absolute Gasteiger partial charge is 0.456 e. The molecule has 0 atom stereocenters. The Labute approximate surface area is 54.4 Å². The summed E-state index contributed by atoms with van der Waals surface area (Å²) in [4.78, 5) is 10.4. The molecule has 0 aromatic carbocycles. The first-order valence-electron chi connectivity index (χ1n) is 2.65. The minimum atomic E-state index is -0.494. The van der Waals surface area contributed by atoms with Gasteiger partial charge < -0.3 is 10.1 Å².